The van der Waals surface area contributed by atoms with Crippen molar-refractivity contribution in [2.24, 2.45) is 0 Å². The van der Waals surface area contributed by atoms with Gasteiger partial charge < -0.3 is 4.57 Å². The summed E-state index contributed by atoms with van der Waals surface area (Å²) >= 11 is 1.31. The summed E-state index contributed by atoms with van der Waals surface area (Å²) in [5.41, 5.74) is 3.61. The normalized spacial score (nSPS) is 10.9. The van der Waals surface area contributed by atoms with Gasteiger partial charge in [0, 0.05) is 29.2 Å². The maximum Gasteiger partial charge on any atom is 0.214 e. The van der Waals surface area contributed by atoms with Crippen molar-refractivity contribution in [2.45, 2.75) is 25.0 Å². The number of carbonyl (C=O) groups excluding carboxylic acids is 1. The van der Waals surface area contributed by atoms with E-state index in [1.807, 2.05) is 66.2 Å². The molecule has 0 bridgehead atoms. The van der Waals surface area contributed by atoms with E-state index in [9.17, 15) is 4.79 Å². The van der Waals surface area contributed by atoms with Crippen LogP contribution in [0.25, 0.3) is 16.6 Å². The molecule has 0 aliphatic rings. The van der Waals surface area contributed by atoms with E-state index in [0.717, 1.165) is 22.2 Å². The number of aromatic nitrogens is 5. The lowest BCUT2D eigenvalue weighted by Gasteiger charge is -2.04. The number of carbonyl (C=O) groups is 1. The Hall–Kier alpha value is -3.44. The molecule has 7 nitrogen and oxygen atoms in total. The second-order valence-electron chi connectivity index (χ2n) is 6.58. The van der Waals surface area contributed by atoms with Crippen molar-refractivity contribution in [2.75, 3.05) is 5.75 Å². The Morgan fingerprint density at radius 1 is 1.17 bits per heavy atom. The number of hydrogen-bond acceptors (Lipinski definition) is 6. The summed E-state index contributed by atoms with van der Waals surface area (Å²) in [5.74, 6) is 0.221. The fourth-order valence-electron chi connectivity index (χ4n) is 3.15. The lowest BCUT2D eigenvalue weighted by Crippen LogP contribution is -2.05. The van der Waals surface area contributed by atoms with E-state index in [0.29, 0.717) is 23.7 Å². The van der Waals surface area contributed by atoms with Gasteiger partial charge in [0.15, 0.2) is 5.78 Å². The molecule has 0 aliphatic carbocycles. The summed E-state index contributed by atoms with van der Waals surface area (Å²) in [6.07, 6.45) is 2.24. The SMILES string of the molecule is Cc1ccc(-n2nnnc2SCC(=O)c2cn(CCC#N)c3ccccc23)cc1. The van der Waals surface area contributed by atoms with Gasteiger partial charge in [0.05, 0.1) is 23.9 Å². The number of nitriles is 1. The van der Waals surface area contributed by atoms with Crippen LogP contribution in [0.4, 0.5) is 0 Å². The van der Waals surface area contributed by atoms with Crippen LogP contribution in [0.1, 0.15) is 22.3 Å². The monoisotopic (exact) mass is 402 g/mol. The third-order valence-corrected chi connectivity index (χ3v) is 5.52. The largest absolute Gasteiger partial charge is 0.346 e. The van der Waals surface area contributed by atoms with Gasteiger partial charge >= 0.3 is 0 Å². The third-order valence-electron chi connectivity index (χ3n) is 4.61. The first kappa shape index (κ1) is 18.9. The molecule has 0 spiro atoms. The molecule has 4 aromatic rings. The van der Waals surface area contributed by atoms with Gasteiger partial charge in [0.2, 0.25) is 5.16 Å². The molecule has 144 valence electrons. The molecule has 0 saturated carbocycles. The van der Waals surface area contributed by atoms with Crippen LogP contribution in [0.15, 0.2) is 59.9 Å². The summed E-state index contributed by atoms with van der Waals surface area (Å²) < 4.78 is 3.60. The molecule has 29 heavy (non-hydrogen) atoms. The van der Waals surface area contributed by atoms with Crippen LogP contribution in [-0.2, 0) is 6.54 Å². The van der Waals surface area contributed by atoms with Crippen molar-refractivity contribution in [1.82, 2.24) is 24.8 Å². The Labute approximate surface area is 171 Å². The molecule has 0 unspecified atom stereocenters. The highest BCUT2D eigenvalue weighted by Gasteiger charge is 2.17. The Balaban J connectivity index is 1.55. The summed E-state index contributed by atoms with van der Waals surface area (Å²) in [6.45, 7) is 2.58. The zero-order valence-corrected chi connectivity index (χ0v) is 16.6. The highest BCUT2D eigenvalue weighted by molar-refractivity contribution is 7.99. The Morgan fingerprint density at radius 3 is 2.76 bits per heavy atom. The number of Topliss-reactive ketones (excluding diaryl/α,β-unsaturated/α-hetero) is 1. The van der Waals surface area contributed by atoms with Crippen molar-refractivity contribution in [1.29, 1.82) is 5.26 Å². The zero-order valence-electron chi connectivity index (χ0n) is 15.8. The van der Waals surface area contributed by atoms with Crippen LogP contribution in [0.3, 0.4) is 0 Å². The lowest BCUT2D eigenvalue weighted by atomic mass is 10.1. The maximum absolute atomic E-state index is 13.0. The van der Waals surface area contributed by atoms with Crippen molar-refractivity contribution in [3.63, 3.8) is 0 Å². The Morgan fingerprint density at radius 2 is 1.97 bits per heavy atom. The first-order chi connectivity index (χ1) is 14.2. The molecular formula is C21H18N6OS. The van der Waals surface area contributed by atoms with E-state index in [4.69, 9.17) is 5.26 Å². The number of para-hydroxylation sites is 1. The summed E-state index contributed by atoms with van der Waals surface area (Å²) in [7, 11) is 0. The molecule has 2 aromatic carbocycles. The lowest BCUT2D eigenvalue weighted by molar-refractivity contribution is 0.102. The van der Waals surface area contributed by atoms with E-state index < -0.39 is 0 Å². The van der Waals surface area contributed by atoms with E-state index in [-0.39, 0.29) is 11.5 Å². The second kappa shape index (κ2) is 8.29. The molecular weight excluding hydrogens is 384 g/mol. The van der Waals surface area contributed by atoms with Crippen LogP contribution in [0, 0.1) is 18.3 Å². The van der Waals surface area contributed by atoms with Gasteiger partial charge in [-0.15, -0.1) is 5.10 Å². The molecule has 0 fully saturated rings. The molecule has 4 rings (SSSR count). The predicted octanol–water partition coefficient (Wildman–Crippen LogP) is 3.81. The van der Waals surface area contributed by atoms with Crippen molar-refractivity contribution < 1.29 is 4.79 Å². The topological polar surface area (TPSA) is 89.4 Å². The molecule has 0 N–H and O–H groups in total. The van der Waals surface area contributed by atoms with Gasteiger partial charge in [-0.3, -0.25) is 4.79 Å². The highest BCUT2D eigenvalue weighted by Crippen LogP contribution is 2.25. The quantitative estimate of drug-likeness (QED) is 0.345. The number of benzene rings is 2. The molecule has 0 aliphatic heterocycles. The molecule has 0 amide bonds. The first-order valence-corrected chi connectivity index (χ1v) is 10.1. The minimum absolute atomic E-state index is 0.000337. The van der Waals surface area contributed by atoms with Crippen molar-refractivity contribution in [3.8, 4) is 11.8 Å². The molecule has 0 radical (unpaired) electrons. The van der Waals surface area contributed by atoms with Crippen LogP contribution in [0.5, 0.6) is 0 Å². The molecule has 8 heteroatoms. The minimum atomic E-state index is 0.000337. The Kier molecular flexibility index (Phi) is 5.40. The average Bonchev–Trinajstić information content (AvgIpc) is 3.36. The molecule has 0 saturated heterocycles. The van der Waals surface area contributed by atoms with Gasteiger partial charge in [-0.1, -0.05) is 47.7 Å². The molecule has 2 aromatic heterocycles. The first-order valence-electron chi connectivity index (χ1n) is 9.13. The van der Waals surface area contributed by atoms with Crippen LogP contribution >= 0.6 is 11.8 Å². The number of hydrogen-bond donors (Lipinski definition) is 0. The summed E-state index contributed by atoms with van der Waals surface area (Å²) in [6, 6.07) is 17.8. The predicted molar refractivity (Wildman–Crippen MR) is 111 cm³/mol. The number of tetrazole rings is 1. The number of rotatable bonds is 7. The highest BCUT2D eigenvalue weighted by atomic mass is 32.2. The smallest absolute Gasteiger partial charge is 0.214 e. The number of aryl methyl sites for hydroxylation is 2. The van der Waals surface area contributed by atoms with E-state index >= 15 is 0 Å². The van der Waals surface area contributed by atoms with Gasteiger partial charge in [0.1, 0.15) is 0 Å². The number of thioether (sulfide) groups is 1. The molecule has 0 atom stereocenters. The van der Waals surface area contributed by atoms with Crippen LogP contribution < -0.4 is 0 Å². The summed E-state index contributed by atoms with van der Waals surface area (Å²) in [4.78, 5) is 13.0. The fourth-order valence-corrected chi connectivity index (χ4v) is 3.92. The van der Waals surface area contributed by atoms with Crippen LogP contribution in [-0.4, -0.2) is 36.3 Å². The van der Waals surface area contributed by atoms with Crippen LogP contribution in [0.2, 0.25) is 0 Å². The van der Waals surface area contributed by atoms with Crippen molar-refractivity contribution in [3.05, 3.63) is 65.9 Å². The second-order valence-corrected chi connectivity index (χ2v) is 7.52. The van der Waals surface area contributed by atoms with Gasteiger partial charge in [-0.25, -0.2) is 0 Å². The summed E-state index contributed by atoms with van der Waals surface area (Å²) in [5, 5.41) is 22.2. The maximum atomic E-state index is 13.0. The number of fused-ring (bicyclic) bond motifs is 1. The van der Waals surface area contributed by atoms with Gasteiger partial charge in [-0.05, 0) is 35.5 Å². The van der Waals surface area contributed by atoms with Gasteiger partial charge in [0.25, 0.3) is 0 Å². The third kappa shape index (κ3) is 3.91. The zero-order chi connectivity index (χ0) is 20.2. The van der Waals surface area contributed by atoms with E-state index in [1.54, 1.807) is 4.68 Å². The number of ketones is 1. The van der Waals surface area contributed by atoms with Gasteiger partial charge in [-0.2, -0.15) is 9.94 Å². The minimum Gasteiger partial charge on any atom is -0.346 e. The number of nitrogens with zero attached hydrogens (tertiary/aromatic N) is 6. The van der Waals surface area contributed by atoms with E-state index in [1.165, 1.54) is 11.8 Å². The Bertz CT molecular complexity index is 1200. The molecule has 2 heterocycles. The van der Waals surface area contributed by atoms with E-state index in [2.05, 4.69) is 21.6 Å². The fraction of sp³-hybridized carbons (Fsp3) is 0.190. The standard InChI is InChI=1S/C21H18N6OS/c1-15-7-9-16(10-8-15)27-21(23-24-25-27)29-14-20(28)18-13-26(12-4-11-22)19-6-3-2-5-17(18)19/h2-3,5-10,13H,4,12,14H2,1H3. The van der Waals surface area contributed by atoms with Crippen molar-refractivity contribution >= 4 is 28.4 Å². The average molecular weight is 402 g/mol.